The zero-order valence-corrected chi connectivity index (χ0v) is 20.6. The number of thiol groups is 1. The molecule has 1 aliphatic rings. The molecular weight excluding hydrogens is 440 g/mol. The van der Waals surface area contributed by atoms with E-state index in [1.54, 1.807) is 24.3 Å². The van der Waals surface area contributed by atoms with Crippen LogP contribution in [0.3, 0.4) is 0 Å². The van der Waals surface area contributed by atoms with Gasteiger partial charge in [0.2, 0.25) is 17.7 Å². The molecular formula is C24H36N4O4S. The topological polar surface area (TPSA) is 108 Å². The standard InChI is InChI=1S/C24H36N4O4S/c1-16(2)14-19(23(31)26-17(3)11-13-33)27-24(32)20-10-7-12-28(20)21(29)15-25-22(30)18-8-5-4-6-9-18/h4-6,8-9,16-17,19-20,33H,7,10-15H2,1-3H3,(H,25,30)(H,26,31)(H,27,32)/t17-,19-,20-/m0/s1. The summed E-state index contributed by atoms with van der Waals surface area (Å²) in [6.07, 6.45) is 2.45. The summed E-state index contributed by atoms with van der Waals surface area (Å²) in [6, 6.07) is 7.29. The fourth-order valence-corrected chi connectivity index (χ4v) is 4.25. The Bertz CT molecular complexity index is 818. The van der Waals surface area contributed by atoms with Gasteiger partial charge in [-0.1, -0.05) is 32.0 Å². The summed E-state index contributed by atoms with van der Waals surface area (Å²) in [7, 11) is 0. The van der Waals surface area contributed by atoms with Crippen LogP contribution >= 0.6 is 12.6 Å². The molecule has 0 unspecified atom stereocenters. The first kappa shape index (κ1) is 26.7. The van der Waals surface area contributed by atoms with E-state index in [1.807, 2.05) is 26.8 Å². The lowest BCUT2D eigenvalue weighted by Crippen LogP contribution is -2.55. The van der Waals surface area contributed by atoms with E-state index in [0.29, 0.717) is 37.1 Å². The number of hydrogen-bond donors (Lipinski definition) is 4. The van der Waals surface area contributed by atoms with Crippen LogP contribution in [0.2, 0.25) is 0 Å². The minimum absolute atomic E-state index is 0.0423. The van der Waals surface area contributed by atoms with Gasteiger partial charge in [0.25, 0.3) is 5.91 Å². The zero-order valence-electron chi connectivity index (χ0n) is 19.7. The third-order valence-electron chi connectivity index (χ3n) is 5.60. The van der Waals surface area contributed by atoms with Gasteiger partial charge in [-0.05, 0) is 56.4 Å². The molecule has 1 fully saturated rings. The summed E-state index contributed by atoms with van der Waals surface area (Å²) in [4.78, 5) is 52.3. The van der Waals surface area contributed by atoms with Gasteiger partial charge in [0, 0.05) is 18.2 Å². The van der Waals surface area contributed by atoms with Gasteiger partial charge in [-0.25, -0.2) is 0 Å². The van der Waals surface area contributed by atoms with Crippen molar-refractivity contribution in [2.24, 2.45) is 5.92 Å². The summed E-state index contributed by atoms with van der Waals surface area (Å²) in [5.74, 6) is -0.355. The van der Waals surface area contributed by atoms with E-state index in [9.17, 15) is 19.2 Å². The number of hydrogen-bond acceptors (Lipinski definition) is 5. The highest BCUT2D eigenvalue weighted by molar-refractivity contribution is 7.80. The van der Waals surface area contributed by atoms with E-state index in [0.717, 1.165) is 6.42 Å². The molecule has 1 aromatic rings. The second-order valence-electron chi connectivity index (χ2n) is 8.91. The van der Waals surface area contributed by atoms with Crippen molar-refractivity contribution in [3.8, 4) is 0 Å². The van der Waals surface area contributed by atoms with Crippen molar-refractivity contribution in [2.75, 3.05) is 18.8 Å². The number of likely N-dealkylation sites (tertiary alicyclic amines) is 1. The van der Waals surface area contributed by atoms with Crippen LogP contribution in [-0.4, -0.2) is 65.5 Å². The maximum Gasteiger partial charge on any atom is 0.251 e. The van der Waals surface area contributed by atoms with E-state index in [1.165, 1.54) is 4.90 Å². The molecule has 0 bridgehead atoms. The van der Waals surface area contributed by atoms with Crippen molar-refractivity contribution in [1.29, 1.82) is 0 Å². The molecule has 182 valence electrons. The molecule has 8 nitrogen and oxygen atoms in total. The zero-order chi connectivity index (χ0) is 24.4. The molecule has 2 rings (SSSR count). The second-order valence-corrected chi connectivity index (χ2v) is 9.35. The summed E-state index contributed by atoms with van der Waals surface area (Å²) < 4.78 is 0. The number of carbonyl (C=O) groups is 4. The van der Waals surface area contributed by atoms with Gasteiger partial charge >= 0.3 is 0 Å². The third-order valence-corrected chi connectivity index (χ3v) is 5.86. The third kappa shape index (κ3) is 8.38. The number of carbonyl (C=O) groups excluding carboxylic acids is 4. The van der Waals surface area contributed by atoms with Crippen LogP contribution in [0.15, 0.2) is 30.3 Å². The average molecular weight is 477 g/mol. The lowest BCUT2D eigenvalue weighted by atomic mass is 10.0. The van der Waals surface area contributed by atoms with Crippen LogP contribution in [0.4, 0.5) is 0 Å². The smallest absolute Gasteiger partial charge is 0.251 e. The molecule has 4 amide bonds. The van der Waals surface area contributed by atoms with Gasteiger partial charge < -0.3 is 20.9 Å². The Kier molecular flexibility index (Phi) is 10.7. The molecule has 0 spiro atoms. The SMILES string of the molecule is CC(C)C[C@H](NC(=O)[C@@H]1CCCN1C(=O)CNC(=O)c1ccccc1)C(=O)N[C@@H](C)CCS. The van der Waals surface area contributed by atoms with Crippen LogP contribution in [0.1, 0.15) is 56.8 Å². The van der Waals surface area contributed by atoms with Gasteiger partial charge in [0.05, 0.1) is 6.54 Å². The largest absolute Gasteiger partial charge is 0.352 e. The summed E-state index contributed by atoms with van der Waals surface area (Å²) in [5.41, 5.74) is 0.468. The van der Waals surface area contributed by atoms with Crippen molar-refractivity contribution in [3.05, 3.63) is 35.9 Å². The molecule has 3 atom stereocenters. The van der Waals surface area contributed by atoms with Crippen LogP contribution in [0.25, 0.3) is 0 Å². The summed E-state index contributed by atoms with van der Waals surface area (Å²) in [6.45, 7) is 6.14. The molecule has 1 aromatic carbocycles. The van der Waals surface area contributed by atoms with Gasteiger partial charge in [0.15, 0.2) is 0 Å². The first-order valence-electron chi connectivity index (χ1n) is 11.6. The quantitative estimate of drug-likeness (QED) is 0.365. The van der Waals surface area contributed by atoms with Crippen LogP contribution in [-0.2, 0) is 14.4 Å². The summed E-state index contributed by atoms with van der Waals surface area (Å²) >= 11 is 4.20. The highest BCUT2D eigenvalue weighted by Crippen LogP contribution is 2.18. The Balaban J connectivity index is 1.97. The minimum Gasteiger partial charge on any atom is -0.352 e. The normalized spacial score (nSPS) is 17.4. The molecule has 0 aliphatic carbocycles. The van der Waals surface area contributed by atoms with E-state index >= 15 is 0 Å². The van der Waals surface area contributed by atoms with E-state index in [2.05, 4.69) is 28.6 Å². The molecule has 0 aromatic heterocycles. The van der Waals surface area contributed by atoms with Crippen LogP contribution < -0.4 is 16.0 Å². The Morgan fingerprint density at radius 1 is 1.09 bits per heavy atom. The van der Waals surface area contributed by atoms with Crippen molar-refractivity contribution < 1.29 is 19.2 Å². The molecule has 9 heteroatoms. The molecule has 0 saturated carbocycles. The fourth-order valence-electron chi connectivity index (χ4n) is 3.87. The Labute approximate surface area is 201 Å². The number of nitrogens with zero attached hydrogens (tertiary/aromatic N) is 1. The van der Waals surface area contributed by atoms with Crippen LogP contribution in [0.5, 0.6) is 0 Å². The predicted octanol–water partition coefficient (Wildman–Crippen LogP) is 1.76. The highest BCUT2D eigenvalue weighted by Gasteiger charge is 2.36. The van der Waals surface area contributed by atoms with E-state index in [-0.39, 0.29) is 42.1 Å². The number of amides is 4. The Morgan fingerprint density at radius 3 is 2.42 bits per heavy atom. The molecule has 1 aliphatic heterocycles. The maximum atomic E-state index is 13.0. The summed E-state index contributed by atoms with van der Waals surface area (Å²) in [5, 5.41) is 8.42. The van der Waals surface area contributed by atoms with Crippen LogP contribution in [0, 0.1) is 5.92 Å². The number of rotatable bonds is 11. The Hall–Kier alpha value is -2.55. The van der Waals surface area contributed by atoms with Crippen molar-refractivity contribution in [2.45, 2.75) is 64.6 Å². The molecule has 33 heavy (non-hydrogen) atoms. The van der Waals surface area contributed by atoms with Crippen molar-refractivity contribution in [3.63, 3.8) is 0 Å². The molecule has 1 saturated heterocycles. The van der Waals surface area contributed by atoms with Gasteiger partial charge in [-0.15, -0.1) is 0 Å². The monoisotopic (exact) mass is 476 g/mol. The average Bonchev–Trinajstić information content (AvgIpc) is 3.27. The lowest BCUT2D eigenvalue weighted by molar-refractivity contribution is -0.139. The number of benzene rings is 1. The Morgan fingerprint density at radius 2 is 1.79 bits per heavy atom. The van der Waals surface area contributed by atoms with Crippen molar-refractivity contribution in [1.82, 2.24) is 20.9 Å². The van der Waals surface area contributed by atoms with Gasteiger partial charge in [0.1, 0.15) is 12.1 Å². The molecule has 1 heterocycles. The fraction of sp³-hybridized carbons (Fsp3) is 0.583. The second kappa shape index (κ2) is 13.2. The molecule has 3 N–H and O–H groups in total. The maximum absolute atomic E-state index is 13.0. The number of nitrogens with one attached hydrogen (secondary N) is 3. The molecule has 0 radical (unpaired) electrons. The highest BCUT2D eigenvalue weighted by atomic mass is 32.1. The first-order valence-corrected chi connectivity index (χ1v) is 12.2. The lowest BCUT2D eigenvalue weighted by Gasteiger charge is -2.27. The van der Waals surface area contributed by atoms with E-state index < -0.39 is 12.1 Å². The van der Waals surface area contributed by atoms with E-state index in [4.69, 9.17) is 0 Å². The first-order chi connectivity index (χ1) is 15.7. The predicted molar refractivity (Wildman–Crippen MR) is 131 cm³/mol. The minimum atomic E-state index is -0.671. The van der Waals surface area contributed by atoms with Crippen molar-refractivity contribution >= 4 is 36.3 Å². The van der Waals surface area contributed by atoms with Gasteiger partial charge in [-0.2, -0.15) is 12.6 Å². The van der Waals surface area contributed by atoms with Gasteiger partial charge in [-0.3, -0.25) is 19.2 Å².